The van der Waals surface area contributed by atoms with Crippen LogP contribution in [0.1, 0.15) is 44.7 Å². The highest BCUT2D eigenvalue weighted by Crippen LogP contribution is 2.22. The predicted octanol–water partition coefficient (Wildman–Crippen LogP) is 4.28. The Balaban J connectivity index is 1.78. The average Bonchev–Trinajstić information content (AvgIpc) is 2.83. The monoisotopic (exact) mass is 380 g/mol. The molecule has 1 unspecified atom stereocenters. The van der Waals surface area contributed by atoms with Gasteiger partial charge in [-0.25, -0.2) is 0 Å². The Bertz CT molecular complexity index is 836. The molecule has 0 spiro atoms. The van der Waals surface area contributed by atoms with Gasteiger partial charge in [-0.15, -0.1) is 0 Å². The molecule has 3 rings (SSSR count). The van der Waals surface area contributed by atoms with E-state index in [9.17, 15) is 4.79 Å². The van der Waals surface area contributed by atoms with Crippen LogP contribution in [0.2, 0.25) is 0 Å². The number of hydrogen-bond acceptors (Lipinski definition) is 4. The third-order valence-electron chi connectivity index (χ3n) is 5.45. The van der Waals surface area contributed by atoms with Crippen molar-refractivity contribution in [2.24, 2.45) is 0 Å². The molecular formula is C24H32N2O2. The Kier molecular flexibility index (Phi) is 6.74. The topological polar surface area (TPSA) is 32.8 Å². The molecule has 1 fully saturated rings. The number of nitrogens with zero attached hydrogens (tertiary/aromatic N) is 2. The van der Waals surface area contributed by atoms with Gasteiger partial charge in [-0.3, -0.25) is 9.69 Å². The van der Waals surface area contributed by atoms with E-state index in [1.807, 2.05) is 19.1 Å². The predicted molar refractivity (Wildman–Crippen MR) is 116 cm³/mol. The number of piperazine rings is 1. The Hall–Kier alpha value is -2.33. The third-order valence-corrected chi connectivity index (χ3v) is 5.45. The summed E-state index contributed by atoms with van der Waals surface area (Å²) in [4.78, 5) is 17.8. The van der Waals surface area contributed by atoms with Crippen LogP contribution in [0.25, 0.3) is 0 Å². The van der Waals surface area contributed by atoms with Gasteiger partial charge >= 0.3 is 0 Å². The highest BCUT2D eigenvalue weighted by molar-refractivity contribution is 5.47. The average molecular weight is 381 g/mol. The van der Waals surface area contributed by atoms with Crippen LogP contribution in [-0.4, -0.2) is 37.2 Å². The van der Waals surface area contributed by atoms with Crippen molar-refractivity contribution in [1.29, 1.82) is 0 Å². The summed E-state index contributed by atoms with van der Waals surface area (Å²) in [6, 6.07) is 16.9. The SMILES string of the molecule is CCOc1cc(C(C)C)ccc(CN2CCN(c3ccccc3)C(C)C2)c1=O. The molecule has 1 heterocycles. The smallest absolute Gasteiger partial charge is 0.224 e. The number of anilines is 1. The number of ether oxygens (including phenoxy) is 1. The van der Waals surface area contributed by atoms with E-state index in [1.54, 1.807) is 0 Å². The van der Waals surface area contributed by atoms with Crippen LogP contribution in [0.5, 0.6) is 5.75 Å². The van der Waals surface area contributed by atoms with Gasteiger partial charge < -0.3 is 9.64 Å². The first-order chi connectivity index (χ1) is 13.5. The fourth-order valence-electron chi connectivity index (χ4n) is 3.86. The zero-order valence-corrected chi connectivity index (χ0v) is 17.5. The fourth-order valence-corrected chi connectivity index (χ4v) is 3.86. The van der Waals surface area contributed by atoms with Crippen LogP contribution in [0.3, 0.4) is 0 Å². The molecule has 1 atom stereocenters. The van der Waals surface area contributed by atoms with Crippen molar-refractivity contribution in [2.45, 2.75) is 46.2 Å². The number of rotatable bonds is 6. The highest BCUT2D eigenvalue weighted by Gasteiger charge is 2.24. The van der Waals surface area contributed by atoms with Gasteiger partial charge in [0.05, 0.1) is 6.61 Å². The molecule has 0 aromatic heterocycles. The fraction of sp³-hybridized carbons (Fsp3) is 0.458. The van der Waals surface area contributed by atoms with E-state index in [0.29, 0.717) is 30.9 Å². The van der Waals surface area contributed by atoms with Gasteiger partial charge in [-0.1, -0.05) is 44.2 Å². The normalized spacial score (nSPS) is 17.8. The van der Waals surface area contributed by atoms with Crippen molar-refractivity contribution >= 4 is 5.69 Å². The molecule has 0 radical (unpaired) electrons. The van der Waals surface area contributed by atoms with Gasteiger partial charge in [0, 0.05) is 43.5 Å². The largest absolute Gasteiger partial charge is 0.490 e. The lowest BCUT2D eigenvalue weighted by Crippen LogP contribution is -2.51. The summed E-state index contributed by atoms with van der Waals surface area (Å²) in [5.41, 5.74) is 3.24. The van der Waals surface area contributed by atoms with E-state index in [2.05, 4.69) is 67.0 Å². The summed E-state index contributed by atoms with van der Waals surface area (Å²) in [5, 5.41) is 0. The summed E-state index contributed by atoms with van der Waals surface area (Å²) in [6.07, 6.45) is 0. The maximum atomic E-state index is 13.0. The van der Waals surface area contributed by atoms with Crippen LogP contribution in [0.4, 0.5) is 5.69 Å². The molecule has 0 amide bonds. The van der Waals surface area contributed by atoms with E-state index >= 15 is 0 Å². The molecule has 2 aromatic carbocycles. The van der Waals surface area contributed by atoms with E-state index in [-0.39, 0.29) is 5.43 Å². The quantitative estimate of drug-likeness (QED) is 0.749. The zero-order valence-electron chi connectivity index (χ0n) is 17.5. The van der Waals surface area contributed by atoms with Crippen molar-refractivity contribution in [1.82, 2.24) is 4.90 Å². The molecule has 1 aliphatic rings. The molecular weight excluding hydrogens is 348 g/mol. The van der Waals surface area contributed by atoms with Crippen molar-refractivity contribution < 1.29 is 4.74 Å². The lowest BCUT2D eigenvalue weighted by atomic mass is 10.1. The van der Waals surface area contributed by atoms with E-state index in [0.717, 1.165) is 30.8 Å². The van der Waals surface area contributed by atoms with Gasteiger partial charge in [0.2, 0.25) is 5.43 Å². The molecule has 0 saturated carbocycles. The van der Waals surface area contributed by atoms with Crippen LogP contribution >= 0.6 is 0 Å². The van der Waals surface area contributed by atoms with Gasteiger partial charge in [0.1, 0.15) is 0 Å². The van der Waals surface area contributed by atoms with E-state index < -0.39 is 0 Å². The molecule has 150 valence electrons. The van der Waals surface area contributed by atoms with Gasteiger partial charge in [0.25, 0.3) is 0 Å². The number of para-hydroxylation sites is 1. The molecule has 4 nitrogen and oxygen atoms in total. The second kappa shape index (κ2) is 9.24. The van der Waals surface area contributed by atoms with Crippen LogP contribution in [0, 0.1) is 0 Å². The minimum absolute atomic E-state index is 0.0203. The maximum absolute atomic E-state index is 13.0. The van der Waals surface area contributed by atoms with Crippen LogP contribution < -0.4 is 15.1 Å². The molecule has 0 N–H and O–H groups in total. The summed E-state index contributed by atoms with van der Waals surface area (Å²) in [7, 11) is 0. The lowest BCUT2D eigenvalue weighted by molar-refractivity contribution is 0.220. The second-order valence-electron chi connectivity index (χ2n) is 7.90. The summed E-state index contributed by atoms with van der Waals surface area (Å²) >= 11 is 0. The molecule has 1 aliphatic heterocycles. The van der Waals surface area contributed by atoms with E-state index in [1.165, 1.54) is 5.69 Å². The number of benzene rings is 1. The van der Waals surface area contributed by atoms with E-state index in [4.69, 9.17) is 4.74 Å². The summed E-state index contributed by atoms with van der Waals surface area (Å²) < 4.78 is 5.67. The summed E-state index contributed by atoms with van der Waals surface area (Å²) in [5.74, 6) is 0.829. The first kappa shape index (κ1) is 20.4. The highest BCUT2D eigenvalue weighted by atomic mass is 16.5. The van der Waals surface area contributed by atoms with Gasteiger partial charge in [0.15, 0.2) is 5.75 Å². The Labute approximate surface area is 168 Å². The minimum atomic E-state index is 0.0203. The van der Waals surface area contributed by atoms with Crippen molar-refractivity contribution in [2.75, 3.05) is 31.1 Å². The standard InChI is InChI=1S/C24H32N2O2/c1-5-28-23-15-20(18(2)3)11-12-21(24(23)27)17-25-13-14-26(19(4)16-25)22-9-7-6-8-10-22/h6-12,15,18-19H,5,13-14,16-17H2,1-4H3. The van der Waals surface area contributed by atoms with Gasteiger partial charge in [-0.2, -0.15) is 0 Å². The van der Waals surface area contributed by atoms with Gasteiger partial charge in [-0.05, 0) is 43.5 Å². The Morgan fingerprint density at radius 3 is 2.50 bits per heavy atom. The van der Waals surface area contributed by atoms with Crippen molar-refractivity contribution in [3.8, 4) is 5.75 Å². The Morgan fingerprint density at radius 1 is 1.11 bits per heavy atom. The molecule has 0 bridgehead atoms. The third kappa shape index (κ3) is 4.74. The number of hydrogen-bond donors (Lipinski definition) is 0. The summed E-state index contributed by atoms with van der Waals surface area (Å²) in [6.45, 7) is 12.5. The molecule has 2 aromatic rings. The lowest BCUT2D eigenvalue weighted by Gasteiger charge is -2.41. The molecule has 4 heteroatoms. The maximum Gasteiger partial charge on any atom is 0.224 e. The second-order valence-corrected chi connectivity index (χ2v) is 7.90. The van der Waals surface area contributed by atoms with Crippen molar-refractivity contribution in [3.63, 3.8) is 0 Å². The van der Waals surface area contributed by atoms with Crippen LogP contribution in [-0.2, 0) is 6.54 Å². The zero-order chi connectivity index (χ0) is 20.1. The Morgan fingerprint density at radius 2 is 1.86 bits per heavy atom. The molecule has 28 heavy (non-hydrogen) atoms. The minimum Gasteiger partial charge on any atom is -0.490 e. The molecule has 0 aliphatic carbocycles. The first-order valence-corrected chi connectivity index (χ1v) is 10.3. The first-order valence-electron chi connectivity index (χ1n) is 10.3. The van der Waals surface area contributed by atoms with Crippen LogP contribution in [0.15, 0.2) is 53.3 Å². The molecule has 1 saturated heterocycles. The van der Waals surface area contributed by atoms with Crippen molar-refractivity contribution in [3.05, 3.63) is 69.9 Å².